The van der Waals surface area contributed by atoms with E-state index in [2.05, 4.69) is 12.1 Å². The number of ether oxygens (including phenoxy) is 1. The average molecular weight is 372 g/mol. The molecule has 0 aliphatic carbocycles. The van der Waals surface area contributed by atoms with Crippen molar-refractivity contribution >= 4 is 23.6 Å². The summed E-state index contributed by atoms with van der Waals surface area (Å²) in [5, 5.41) is 0. The molecule has 4 rings (SSSR count). The van der Waals surface area contributed by atoms with Crippen LogP contribution in [0.3, 0.4) is 0 Å². The van der Waals surface area contributed by atoms with Gasteiger partial charge in [-0.3, -0.25) is 9.59 Å². The van der Waals surface area contributed by atoms with Gasteiger partial charge in [0, 0.05) is 30.8 Å². The van der Waals surface area contributed by atoms with Crippen molar-refractivity contribution in [1.29, 1.82) is 0 Å². The fraction of sp³-hybridized carbons (Fsp3) is 0.500. The van der Waals surface area contributed by atoms with E-state index in [4.69, 9.17) is 4.74 Å². The number of carbonyl (C=O) groups is 2. The van der Waals surface area contributed by atoms with E-state index >= 15 is 0 Å². The standard InChI is InChI=1S/C20H24N2O3S/c1-3-22(11-12-26-14-7-5-4-6-8-14)18(23)16-15-9-10-20(25-15)13-21(2)19(24)17(16)20/h4-10,15-17H,3,11-13H2,1-2H3. The number of amides is 2. The molecule has 2 fully saturated rings. The van der Waals surface area contributed by atoms with Crippen molar-refractivity contribution in [2.75, 3.05) is 32.4 Å². The summed E-state index contributed by atoms with van der Waals surface area (Å²) in [6.45, 7) is 3.85. The Morgan fingerprint density at radius 2 is 2.15 bits per heavy atom. The molecule has 6 heteroatoms. The Balaban J connectivity index is 1.44. The zero-order valence-electron chi connectivity index (χ0n) is 15.1. The molecule has 4 unspecified atom stereocenters. The lowest BCUT2D eigenvalue weighted by Gasteiger charge is -2.29. The van der Waals surface area contributed by atoms with Crippen LogP contribution < -0.4 is 0 Å². The molecule has 0 N–H and O–H groups in total. The van der Waals surface area contributed by atoms with E-state index in [-0.39, 0.29) is 29.8 Å². The molecule has 2 bridgehead atoms. The van der Waals surface area contributed by atoms with Crippen molar-refractivity contribution in [3.63, 3.8) is 0 Å². The molecule has 2 amide bonds. The van der Waals surface area contributed by atoms with E-state index < -0.39 is 5.60 Å². The van der Waals surface area contributed by atoms with Gasteiger partial charge in [-0.25, -0.2) is 0 Å². The summed E-state index contributed by atoms with van der Waals surface area (Å²) in [7, 11) is 1.79. The number of hydrogen-bond donors (Lipinski definition) is 0. The minimum absolute atomic E-state index is 0.0323. The normalized spacial score (nSPS) is 31.5. The summed E-state index contributed by atoms with van der Waals surface area (Å²) in [6.07, 6.45) is 3.70. The first-order chi connectivity index (χ1) is 12.6. The summed E-state index contributed by atoms with van der Waals surface area (Å²) in [5.74, 6) is 0.155. The predicted octanol–water partition coefficient (Wildman–Crippen LogP) is 2.04. The first-order valence-electron chi connectivity index (χ1n) is 9.14. The topological polar surface area (TPSA) is 49.9 Å². The first-order valence-corrected chi connectivity index (χ1v) is 10.1. The Morgan fingerprint density at radius 1 is 1.38 bits per heavy atom. The fourth-order valence-electron chi connectivity index (χ4n) is 4.40. The summed E-state index contributed by atoms with van der Waals surface area (Å²) >= 11 is 1.74. The van der Waals surface area contributed by atoms with Crippen LogP contribution in [0.25, 0.3) is 0 Å². The third-order valence-electron chi connectivity index (χ3n) is 5.64. The van der Waals surface area contributed by atoms with Crippen molar-refractivity contribution in [2.24, 2.45) is 11.8 Å². The highest BCUT2D eigenvalue weighted by molar-refractivity contribution is 7.99. The molecule has 138 valence electrons. The minimum atomic E-state index is -0.588. The van der Waals surface area contributed by atoms with Gasteiger partial charge in [-0.1, -0.05) is 30.4 Å². The SMILES string of the molecule is CCN(CCSc1ccccc1)C(=O)C1C2C=CC3(CN(C)C(=O)C13)O2. The van der Waals surface area contributed by atoms with Crippen LogP contribution in [-0.4, -0.2) is 65.8 Å². The predicted molar refractivity (Wildman–Crippen MR) is 101 cm³/mol. The molecule has 1 aromatic carbocycles. The summed E-state index contributed by atoms with van der Waals surface area (Å²) in [6, 6.07) is 10.2. The number of likely N-dealkylation sites (N-methyl/N-ethyl adjacent to an activating group) is 1. The number of likely N-dealkylation sites (tertiary alicyclic amines) is 1. The van der Waals surface area contributed by atoms with Crippen molar-refractivity contribution < 1.29 is 14.3 Å². The van der Waals surface area contributed by atoms with Crippen LogP contribution in [-0.2, 0) is 14.3 Å². The van der Waals surface area contributed by atoms with Gasteiger partial charge in [0.25, 0.3) is 0 Å². The second kappa shape index (κ2) is 6.74. The maximum Gasteiger partial charge on any atom is 0.229 e. The van der Waals surface area contributed by atoms with Crippen LogP contribution in [0.1, 0.15) is 6.92 Å². The van der Waals surface area contributed by atoms with Gasteiger partial charge in [-0.15, -0.1) is 11.8 Å². The minimum Gasteiger partial charge on any atom is -0.360 e. The molecule has 0 radical (unpaired) electrons. The Morgan fingerprint density at radius 3 is 2.88 bits per heavy atom. The zero-order chi connectivity index (χ0) is 18.3. The lowest BCUT2D eigenvalue weighted by molar-refractivity contribution is -0.142. The van der Waals surface area contributed by atoms with Gasteiger partial charge in [0.15, 0.2) is 0 Å². The number of hydrogen-bond acceptors (Lipinski definition) is 4. The van der Waals surface area contributed by atoms with Gasteiger partial charge in [0.2, 0.25) is 11.8 Å². The number of fused-ring (bicyclic) bond motifs is 1. The second-order valence-electron chi connectivity index (χ2n) is 7.17. The van der Waals surface area contributed by atoms with E-state index in [9.17, 15) is 9.59 Å². The Bertz CT molecular complexity index is 738. The summed E-state index contributed by atoms with van der Waals surface area (Å²) in [5.41, 5.74) is -0.588. The molecule has 3 aliphatic heterocycles. The zero-order valence-corrected chi connectivity index (χ0v) is 15.9. The van der Waals surface area contributed by atoms with Gasteiger partial charge in [-0.2, -0.15) is 0 Å². The van der Waals surface area contributed by atoms with E-state index in [1.807, 2.05) is 42.2 Å². The van der Waals surface area contributed by atoms with Gasteiger partial charge in [-0.05, 0) is 19.1 Å². The van der Waals surface area contributed by atoms with E-state index in [1.165, 1.54) is 4.90 Å². The first kappa shape index (κ1) is 17.6. The van der Waals surface area contributed by atoms with Crippen LogP contribution in [0.5, 0.6) is 0 Å². The molecule has 0 aromatic heterocycles. The monoisotopic (exact) mass is 372 g/mol. The van der Waals surface area contributed by atoms with Gasteiger partial charge < -0.3 is 14.5 Å². The number of thioether (sulfide) groups is 1. The van der Waals surface area contributed by atoms with E-state index in [0.717, 1.165) is 5.75 Å². The molecule has 3 heterocycles. The number of rotatable bonds is 6. The number of benzene rings is 1. The van der Waals surface area contributed by atoms with Gasteiger partial charge in [0.05, 0.1) is 24.5 Å². The largest absolute Gasteiger partial charge is 0.360 e. The smallest absolute Gasteiger partial charge is 0.229 e. The van der Waals surface area contributed by atoms with E-state index in [0.29, 0.717) is 19.6 Å². The third-order valence-corrected chi connectivity index (χ3v) is 6.63. The van der Waals surface area contributed by atoms with Crippen LogP contribution in [0.4, 0.5) is 0 Å². The maximum absolute atomic E-state index is 13.2. The van der Waals surface area contributed by atoms with Crippen molar-refractivity contribution in [3.05, 3.63) is 42.5 Å². The Hall–Kier alpha value is -1.79. The van der Waals surface area contributed by atoms with Gasteiger partial charge in [0.1, 0.15) is 5.60 Å². The molecular weight excluding hydrogens is 348 g/mol. The molecule has 2 saturated heterocycles. The maximum atomic E-state index is 13.2. The number of nitrogens with zero attached hydrogens (tertiary/aromatic N) is 2. The molecule has 5 nitrogen and oxygen atoms in total. The molecule has 4 atom stereocenters. The molecule has 0 saturated carbocycles. The highest BCUT2D eigenvalue weighted by Crippen LogP contribution is 2.51. The van der Waals surface area contributed by atoms with Crippen molar-refractivity contribution in [1.82, 2.24) is 9.80 Å². The molecule has 3 aliphatic rings. The van der Waals surface area contributed by atoms with E-state index in [1.54, 1.807) is 23.7 Å². The lowest BCUT2D eigenvalue weighted by atomic mass is 9.76. The summed E-state index contributed by atoms with van der Waals surface area (Å²) in [4.78, 5) is 30.6. The second-order valence-corrected chi connectivity index (χ2v) is 8.34. The Kier molecular flexibility index (Phi) is 4.57. The van der Waals surface area contributed by atoms with Crippen molar-refractivity contribution in [3.8, 4) is 0 Å². The van der Waals surface area contributed by atoms with Crippen LogP contribution >= 0.6 is 11.8 Å². The third kappa shape index (κ3) is 2.76. The van der Waals surface area contributed by atoms with Crippen LogP contribution in [0.15, 0.2) is 47.4 Å². The molecular formula is C20H24N2O3S. The van der Waals surface area contributed by atoms with Crippen molar-refractivity contribution in [2.45, 2.75) is 23.5 Å². The highest BCUT2D eigenvalue weighted by atomic mass is 32.2. The summed E-state index contributed by atoms with van der Waals surface area (Å²) < 4.78 is 6.10. The molecule has 26 heavy (non-hydrogen) atoms. The quantitative estimate of drug-likeness (QED) is 0.566. The number of carbonyl (C=O) groups excluding carboxylic acids is 2. The highest BCUT2D eigenvalue weighted by Gasteiger charge is 2.66. The van der Waals surface area contributed by atoms with Gasteiger partial charge >= 0.3 is 0 Å². The Labute approximate surface area is 158 Å². The molecule has 1 aromatic rings. The average Bonchev–Trinajstić information content (AvgIpc) is 3.27. The lowest BCUT2D eigenvalue weighted by Crippen LogP contribution is -2.46. The van der Waals surface area contributed by atoms with Crippen LogP contribution in [0.2, 0.25) is 0 Å². The molecule has 1 spiro atoms. The van der Waals surface area contributed by atoms with Crippen LogP contribution in [0, 0.1) is 11.8 Å². The fourth-order valence-corrected chi connectivity index (χ4v) is 5.30.